The Morgan fingerprint density at radius 3 is 1.64 bits per heavy atom. The van der Waals surface area contributed by atoms with E-state index < -0.39 is 44.7 Å². The summed E-state index contributed by atoms with van der Waals surface area (Å²) in [4.78, 5) is 35.3. The van der Waals surface area contributed by atoms with E-state index >= 15 is 0 Å². The summed E-state index contributed by atoms with van der Waals surface area (Å²) in [6.45, 7) is 4.04. The van der Waals surface area contributed by atoms with Crippen LogP contribution in [0.25, 0.3) is 0 Å². The van der Waals surface area contributed by atoms with Crippen molar-refractivity contribution < 1.29 is 52.3 Å². The van der Waals surface area contributed by atoms with Gasteiger partial charge in [-0.25, -0.2) is 4.57 Å². The fourth-order valence-electron chi connectivity index (χ4n) is 5.58. The lowest BCUT2D eigenvalue weighted by Gasteiger charge is -2.24. The van der Waals surface area contributed by atoms with E-state index in [0.717, 1.165) is 44.9 Å². The molecule has 326 valence electrons. The third kappa shape index (κ3) is 38.7. The highest BCUT2D eigenvalue weighted by Gasteiger charge is 2.27. The predicted octanol–water partition coefficient (Wildman–Crippen LogP) is 9.85. The molecule has 0 radical (unpaired) electrons. The second-order valence-corrected chi connectivity index (χ2v) is 17.2. The number of nitrogens with zero attached hydrogens (tertiary/aromatic N) is 1. The van der Waals surface area contributed by atoms with Crippen LogP contribution in [0, 0.1) is 0 Å². The molecule has 3 N–H and O–H groups in total. The number of phosphoric ester groups is 1. The maximum absolute atomic E-state index is 12.7. The average Bonchev–Trinajstić information content (AvgIpc) is 3.13. The van der Waals surface area contributed by atoms with Gasteiger partial charge in [-0.1, -0.05) is 159 Å². The molecule has 0 rings (SSSR count). The molecule has 0 aromatic heterocycles. The summed E-state index contributed by atoms with van der Waals surface area (Å²) in [6.07, 6.45) is 33.7. The van der Waals surface area contributed by atoms with Gasteiger partial charge in [0.25, 0.3) is 0 Å². The van der Waals surface area contributed by atoms with Crippen LogP contribution in [0.5, 0.6) is 0 Å². The Morgan fingerprint density at radius 1 is 0.625 bits per heavy atom. The summed E-state index contributed by atoms with van der Waals surface area (Å²) in [5, 5.41) is 20.2. The molecule has 11 nitrogen and oxygen atoms in total. The summed E-state index contributed by atoms with van der Waals surface area (Å²) in [5.41, 5.74) is 0. The van der Waals surface area contributed by atoms with E-state index in [9.17, 15) is 29.3 Å². The van der Waals surface area contributed by atoms with Crippen molar-refractivity contribution in [2.24, 2.45) is 0 Å². The van der Waals surface area contributed by atoms with Crippen LogP contribution in [0.1, 0.15) is 155 Å². The number of unbranched alkanes of at least 4 members (excludes halogenated alkanes) is 14. The smallest absolute Gasteiger partial charge is 0.462 e. The van der Waals surface area contributed by atoms with Crippen LogP contribution >= 0.6 is 7.82 Å². The maximum Gasteiger partial charge on any atom is 0.472 e. The minimum absolute atomic E-state index is 0.00740. The van der Waals surface area contributed by atoms with E-state index in [1.54, 1.807) is 18.2 Å². The number of carbonyl (C=O) groups is 2. The number of carbonyl (C=O) groups excluding carboxylic acids is 2. The number of esters is 2. The first-order valence-electron chi connectivity index (χ1n) is 21.6. The zero-order valence-corrected chi connectivity index (χ0v) is 36.7. The Labute approximate surface area is 340 Å². The normalized spacial score (nSPS) is 15.2. The maximum atomic E-state index is 12.7. The highest BCUT2D eigenvalue weighted by Crippen LogP contribution is 2.43. The number of rotatable bonds is 38. The lowest BCUT2D eigenvalue weighted by atomic mass is 10.0. The number of likely N-dealkylation sites (N-methyl/N-ethyl adjacent to an activating group) is 1. The third-order valence-electron chi connectivity index (χ3n) is 9.07. The summed E-state index contributed by atoms with van der Waals surface area (Å²) in [7, 11) is 1.33. The van der Waals surface area contributed by atoms with Gasteiger partial charge in [-0.2, -0.15) is 0 Å². The lowest BCUT2D eigenvalue weighted by Crippen LogP contribution is -2.37. The first-order chi connectivity index (χ1) is 26.8. The van der Waals surface area contributed by atoms with Crippen LogP contribution in [0.15, 0.2) is 48.6 Å². The van der Waals surface area contributed by atoms with Crippen LogP contribution in [0.4, 0.5) is 0 Å². The molecule has 0 aromatic rings. The van der Waals surface area contributed by atoms with Gasteiger partial charge < -0.3 is 29.1 Å². The number of quaternary nitrogens is 1. The highest BCUT2D eigenvalue weighted by molar-refractivity contribution is 7.47. The average molecular weight is 815 g/mol. The fourth-order valence-corrected chi connectivity index (χ4v) is 6.32. The molecule has 0 spiro atoms. The van der Waals surface area contributed by atoms with Gasteiger partial charge in [0.2, 0.25) is 0 Å². The summed E-state index contributed by atoms with van der Waals surface area (Å²) in [6, 6.07) is 0. The summed E-state index contributed by atoms with van der Waals surface area (Å²) >= 11 is 0. The number of aliphatic hydroxyl groups is 2. The van der Waals surface area contributed by atoms with Gasteiger partial charge in [0.1, 0.15) is 19.8 Å². The first-order valence-corrected chi connectivity index (χ1v) is 23.1. The second kappa shape index (κ2) is 36.0. The van der Waals surface area contributed by atoms with Gasteiger partial charge in [0.05, 0.1) is 40.0 Å². The number of hydrogen-bond acceptors (Lipinski definition) is 9. The molecule has 0 amide bonds. The standard InChI is InChI=1S/C44H80NO10P/c1-6-8-10-11-12-13-14-15-16-17-21-24-28-34-43(48)52-38-42(39-54-56(50,51)53-37-36-45(3,4)5)55-44(49)35-29-33-41(47)32-27-23-20-18-19-22-26-31-40(46)30-25-9-7-2/h19-20,22-23,26-27,31-32,40-42,46-47H,6-18,21,24-25,28-30,33-39H2,1-5H3/p+1/b22-19-,23-20-,31-26+,32-27+/t40-,41-,42-/m1/s1. The van der Waals surface area contributed by atoms with Gasteiger partial charge in [0.15, 0.2) is 6.10 Å². The topological polar surface area (TPSA) is 149 Å². The number of ether oxygens (including phenoxy) is 2. The highest BCUT2D eigenvalue weighted by atomic mass is 31.2. The van der Waals surface area contributed by atoms with E-state index in [1.807, 2.05) is 51.5 Å². The van der Waals surface area contributed by atoms with Crippen LogP contribution in [0.2, 0.25) is 0 Å². The van der Waals surface area contributed by atoms with Crippen molar-refractivity contribution in [3.8, 4) is 0 Å². The van der Waals surface area contributed by atoms with E-state index in [-0.39, 0.29) is 26.1 Å². The molecule has 0 aliphatic heterocycles. The predicted molar refractivity (Wildman–Crippen MR) is 227 cm³/mol. The monoisotopic (exact) mass is 815 g/mol. The van der Waals surface area contributed by atoms with E-state index in [1.165, 1.54) is 57.8 Å². The van der Waals surface area contributed by atoms with Crippen molar-refractivity contribution in [1.82, 2.24) is 0 Å². The third-order valence-corrected chi connectivity index (χ3v) is 10.1. The Morgan fingerprint density at radius 2 is 1.11 bits per heavy atom. The first kappa shape index (κ1) is 53.9. The van der Waals surface area contributed by atoms with Gasteiger partial charge in [-0.05, 0) is 32.1 Å². The Balaban J connectivity index is 4.63. The van der Waals surface area contributed by atoms with Gasteiger partial charge in [-0.15, -0.1) is 0 Å². The molecule has 0 aromatic carbocycles. The molecule has 0 saturated carbocycles. The SMILES string of the molecule is CCCCCCCCCCCCCCCC(=O)OC[C@H](COP(=O)(O)OCC[N+](C)(C)C)OC(=O)CCC[C@H](O)/C=C/C=C\C/C=C\C=C\[C@H](O)CCCCC. The molecule has 0 fully saturated rings. The number of hydrogen-bond donors (Lipinski definition) is 3. The van der Waals surface area contributed by atoms with Crippen molar-refractivity contribution in [1.29, 1.82) is 0 Å². The van der Waals surface area contributed by atoms with Gasteiger partial charge in [-0.3, -0.25) is 18.6 Å². The minimum Gasteiger partial charge on any atom is -0.462 e. The van der Waals surface area contributed by atoms with Crippen molar-refractivity contribution in [2.45, 2.75) is 173 Å². The zero-order chi connectivity index (χ0) is 41.8. The molecule has 1 unspecified atom stereocenters. The number of aliphatic hydroxyl groups excluding tert-OH is 2. The molecule has 0 aliphatic rings. The van der Waals surface area contributed by atoms with Crippen LogP contribution in [-0.4, -0.2) is 97.3 Å². The molecule has 0 heterocycles. The minimum atomic E-state index is -4.44. The molecule has 0 bridgehead atoms. The number of phosphoric acid groups is 1. The second-order valence-electron chi connectivity index (χ2n) is 15.8. The van der Waals surface area contributed by atoms with Crippen LogP contribution in [-0.2, 0) is 32.7 Å². The molecule has 0 aliphatic carbocycles. The van der Waals surface area contributed by atoms with E-state index in [4.69, 9.17) is 18.5 Å². The Kier molecular flexibility index (Phi) is 34.6. The van der Waals surface area contributed by atoms with Crippen molar-refractivity contribution in [3.63, 3.8) is 0 Å². The zero-order valence-electron chi connectivity index (χ0n) is 35.8. The lowest BCUT2D eigenvalue weighted by molar-refractivity contribution is -0.870. The van der Waals surface area contributed by atoms with Crippen molar-refractivity contribution >= 4 is 19.8 Å². The van der Waals surface area contributed by atoms with Crippen LogP contribution < -0.4 is 0 Å². The molecule has 12 heteroatoms. The largest absolute Gasteiger partial charge is 0.472 e. The van der Waals surface area contributed by atoms with E-state index in [2.05, 4.69) is 13.8 Å². The molecule has 0 saturated heterocycles. The summed E-state index contributed by atoms with van der Waals surface area (Å²) in [5.74, 6) is -1.03. The number of allylic oxidation sites excluding steroid dienone is 6. The van der Waals surface area contributed by atoms with Crippen LogP contribution in [0.3, 0.4) is 0 Å². The quantitative estimate of drug-likeness (QED) is 0.0181. The summed E-state index contributed by atoms with van der Waals surface area (Å²) < 4.78 is 34.1. The Bertz CT molecular complexity index is 1130. The van der Waals surface area contributed by atoms with Gasteiger partial charge >= 0.3 is 19.8 Å². The van der Waals surface area contributed by atoms with Crippen molar-refractivity contribution in [2.75, 3.05) is 47.5 Å². The van der Waals surface area contributed by atoms with Gasteiger partial charge in [0, 0.05) is 12.8 Å². The van der Waals surface area contributed by atoms with E-state index in [0.29, 0.717) is 36.7 Å². The fraction of sp³-hybridized carbons (Fsp3) is 0.773. The molecular weight excluding hydrogens is 733 g/mol. The molecule has 4 atom stereocenters. The molecular formula is C44H81NO10P+. The Hall–Kier alpha value is -2.11. The van der Waals surface area contributed by atoms with Crippen molar-refractivity contribution in [3.05, 3.63) is 48.6 Å². The molecule has 56 heavy (non-hydrogen) atoms.